The summed E-state index contributed by atoms with van der Waals surface area (Å²) < 4.78 is 37.3. The molecular formula is C15H15F3N2. The van der Waals surface area contributed by atoms with Crippen LogP contribution in [0.2, 0.25) is 0 Å². The largest absolute Gasteiger partial charge is 0.417 e. The van der Waals surface area contributed by atoms with E-state index >= 15 is 0 Å². The van der Waals surface area contributed by atoms with Crippen molar-refractivity contribution in [1.29, 1.82) is 0 Å². The Balaban J connectivity index is 2.11. The second kappa shape index (κ2) is 5.63. The molecule has 1 atom stereocenters. The fourth-order valence-corrected chi connectivity index (χ4v) is 1.99. The lowest BCUT2D eigenvalue weighted by molar-refractivity contribution is -0.137. The van der Waals surface area contributed by atoms with E-state index in [1.807, 2.05) is 31.2 Å². The van der Waals surface area contributed by atoms with E-state index in [2.05, 4.69) is 4.98 Å². The third-order valence-electron chi connectivity index (χ3n) is 3.03. The van der Waals surface area contributed by atoms with E-state index in [-0.39, 0.29) is 0 Å². The molecule has 2 aromatic rings. The zero-order valence-corrected chi connectivity index (χ0v) is 11.0. The van der Waals surface area contributed by atoms with Gasteiger partial charge in [0, 0.05) is 6.20 Å². The predicted molar refractivity (Wildman–Crippen MR) is 71.1 cm³/mol. The lowest BCUT2D eigenvalue weighted by atomic mass is 10.0. The van der Waals surface area contributed by atoms with E-state index in [0.29, 0.717) is 12.1 Å². The minimum atomic E-state index is -4.37. The van der Waals surface area contributed by atoms with Gasteiger partial charge in [-0.1, -0.05) is 29.8 Å². The molecule has 0 aliphatic carbocycles. The van der Waals surface area contributed by atoms with Crippen molar-refractivity contribution in [2.24, 2.45) is 5.73 Å². The molecule has 1 aromatic carbocycles. The highest BCUT2D eigenvalue weighted by Gasteiger charge is 2.30. The Kier molecular flexibility index (Phi) is 4.09. The molecule has 2 N–H and O–H groups in total. The number of pyridine rings is 1. The number of aromatic nitrogens is 1. The third kappa shape index (κ3) is 3.57. The number of rotatable bonds is 3. The highest BCUT2D eigenvalue weighted by atomic mass is 19.4. The van der Waals surface area contributed by atoms with Gasteiger partial charge < -0.3 is 5.73 Å². The molecule has 0 saturated heterocycles. The smallest absolute Gasteiger partial charge is 0.322 e. The second-order valence-corrected chi connectivity index (χ2v) is 4.77. The molecule has 1 heterocycles. The molecule has 0 aliphatic rings. The number of halogens is 3. The first-order chi connectivity index (χ1) is 9.36. The number of nitrogens with two attached hydrogens (primary N) is 1. The number of hydrogen-bond acceptors (Lipinski definition) is 2. The van der Waals surface area contributed by atoms with Gasteiger partial charge in [0.05, 0.1) is 17.3 Å². The summed E-state index contributed by atoms with van der Waals surface area (Å²) in [6.45, 7) is 1.98. The molecule has 1 unspecified atom stereocenters. The molecule has 0 spiro atoms. The van der Waals surface area contributed by atoms with Gasteiger partial charge in [-0.05, 0) is 31.0 Å². The molecule has 2 rings (SSSR count). The van der Waals surface area contributed by atoms with Crippen LogP contribution >= 0.6 is 0 Å². The maximum absolute atomic E-state index is 12.4. The molecule has 0 saturated carbocycles. The SMILES string of the molecule is Cc1cccc(CC(N)c2ccc(C(F)(F)F)cn2)c1. The van der Waals surface area contributed by atoms with Gasteiger partial charge in [-0.25, -0.2) is 0 Å². The third-order valence-corrected chi connectivity index (χ3v) is 3.03. The topological polar surface area (TPSA) is 38.9 Å². The molecule has 0 amide bonds. The fraction of sp³-hybridized carbons (Fsp3) is 0.267. The van der Waals surface area contributed by atoms with Gasteiger partial charge in [-0.2, -0.15) is 13.2 Å². The number of alkyl halides is 3. The molecule has 0 fully saturated rings. The van der Waals surface area contributed by atoms with Crippen molar-refractivity contribution >= 4 is 0 Å². The normalized spacial score (nSPS) is 13.2. The van der Waals surface area contributed by atoms with Gasteiger partial charge in [0.25, 0.3) is 0 Å². The van der Waals surface area contributed by atoms with Crippen molar-refractivity contribution in [3.05, 3.63) is 65.0 Å². The van der Waals surface area contributed by atoms with Gasteiger partial charge >= 0.3 is 6.18 Å². The average Bonchev–Trinajstić information content (AvgIpc) is 2.38. The first kappa shape index (κ1) is 14.5. The van der Waals surface area contributed by atoms with E-state index in [1.165, 1.54) is 6.07 Å². The minimum absolute atomic E-state index is 0.418. The maximum Gasteiger partial charge on any atom is 0.417 e. The summed E-state index contributed by atoms with van der Waals surface area (Å²) in [6.07, 6.45) is -3.00. The van der Waals surface area contributed by atoms with Gasteiger partial charge in [0.1, 0.15) is 0 Å². The Morgan fingerprint density at radius 3 is 2.50 bits per heavy atom. The predicted octanol–water partition coefficient (Wildman–Crippen LogP) is 3.65. The molecule has 0 bridgehead atoms. The summed E-state index contributed by atoms with van der Waals surface area (Å²) in [5.41, 5.74) is 7.85. The van der Waals surface area contributed by atoms with E-state index in [1.54, 1.807) is 0 Å². The Hall–Kier alpha value is -1.88. The van der Waals surface area contributed by atoms with Crippen molar-refractivity contribution in [3.63, 3.8) is 0 Å². The Morgan fingerprint density at radius 2 is 1.95 bits per heavy atom. The zero-order chi connectivity index (χ0) is 14.8. The molecule has 106 valence electrons. The zero-order valence-electron chi connectivity index (χ0n) is 11.0. The number of benzene rings is 1. The number of nitrogens with zero attached hydrogens (tertiary/aromatic N) is 1. The van der Waals surface area contributed by atoms with Crippen LogP contribution in [0.3, 0.4) is 0 Å². The standard InChI is InChI=1S/C15H15F3N2/c1-10-3-2-4-11(7-10)8-13(19)14-6-5-12(9-20-14)15(16,17)18/h2-7,9,13H,8,19H2,1H3. The van der Waals surface area contributed by atoms with Gasteiger partial charge in [0.2, 0.25) is 0 Å². The van der Waals surface area contributed by atoms with Crippen LogP contribution < -0.4 is 5.73 Å². The maximum atomic E-state index is 12.4. The first-order valence-corrected chi connectivity index (χ1v) is 6.20. The van der Waals surface area contributed by atoms with Gasteiger partial charge in [-0.3, -0.25) is 4.98 Å². The van der Waals surface area contributed by atoms with E-state index in [9.17, 15) is 13.2 Å². The van der Waals surface area contributed by atoms with Crippen LogP contribution in [0, 0.1) is 6.92 Å². The second-order valence-electron chi connectivity index (χ2n) is 4.77. The van der Waals surface area contributed by atoms with Gasteiger partial charge in [0.15, 0.2) is 0 Å². The number of hydrogen-bond donors (Lipinski definition) is 1. The summed E-state index contributed by atoms with van der Waals surface area (Å²) in [5.74, 6) is 0. The van der Waals surface area contributed by atoms with E-state index < -0.39 is 17.8 Å². The highest BCUT2D eigenvalue weighted by molar-refractivity contribution is 5.25. The van der Waals surface area contributed by atoms with Crippen molar-refractivity contribution in [1.82, 2.24) is 4.98 Å². The van der Waals surface area contributed by atoms with Crippen molar-refractivity contribution < 1.29 is 13.2 Å². The fourth-order valence-electron chi connectivity index (χ4n) is 1.99. The Labute approximate surface area is 115 Å². The Morgan fingerprint density at radius 1 is 1.20 bits per heavy atom. The van der Waals surface area contributed by atoms with E-state index in [0.717, 1.165) is 23.4 Å². The highest BCUT2D eigenvalue weighted by Crippen LogP contribution is 2.29. The summed E-state index contributed by atoms with van der Waals surface area (Å²) in [7, 11) is 0. The van der Waals surface area contributed by atoms with Crippen LogP contribution in [-0.4, -0.2) is 4.98 Å². The van der Waals surface area contributed by atoms with Crippen molar-refractivity contribution in [2.75, 3.05) is 0 Å². The molecular weight excluding hydrogens is 265 g/mol. The molecule has 1 aromatic heterocycles. The van der Waals surface area contributed by atoms with Crippen LogP contribution in [0.25, 0.3) is 0 Å². The van der Waals surface area contributed by atoms with Crippen LogP contribution in [0.15, 0.2) is 42.6 Å². The molecule has 0 radical (unpaired) electrons. The van der Waals surface area contributed by atoms with E-state index in [4.69, 9.17) is 5.73 Å². The monoisotopic (exact) mass is 280 g/mol. The molecule has 5 heteroatoms. The van der Waals surface area contributed by atoms with Crippen molar-refractivity contribution in [3.8, 4) is 0 Å². The summed E-state index contributed by atoms with van der Waals surface area (Å²) in [4.78, 5) is 3.82. The summed E-state index contributed by atoms with van der Waals surface area (Å²) in [6, 6.07) is 9.78. The van der Waals surface area contributed by atoms with Crippen LogP contribution in [0.4, 0.5) is 13.2 Å². The average molecular weight is 280 g/mol. The number of aryl methyl sites for hydroxylation is 1. The molecule has 2 nitrogen and oxygen atoms in total. The Bertz CT molecular complexity index is 576. The van der Waals surface area contributed by atoms with Crippen LogP contribution in [0.1, 0.15) is 28.4 Å². The quantitative estimate of drug-likeness (QED) is 0.932. The lowest BCUT2D eigenvalue weighted by Gasteiger charge is -2.13. The van der Waals surface area contributed by atoms with Crippen molar-refractivity contribution in [2.45, 2.75) is 25.6 Å². The molecule has 20 heavy (non-hydrogen) atoms. The first-order valence-electron chi connectivity index (χ1n) is 6.20. The van der Waals surface area contributed by atoms with Crippen LogP contribution in [0.5, 0.6) is 0 Å². The lowest BCUT2D eigenvalue weighted by Crippen LogP contribution is -2.16. The van der Waals surface area contributed by atoms with Crippen LogP contribution in [-0.2, 0) is 12.6 Å². The minimum Gasteiger partial charge on any atom is -0.322 e. The summed E-state index contributed by atoms with van der Waals surface area (Å²) in [5, 5.41) is 0. The molecule has 0 aliphatic heterocycles. The van der Waals surface area contributed by atoms with Gasteiger partial charge in [-0.15, -0.1) is 0 Å². The summed E-state index contributed by atoms with van der Waals surface area (Å²) >= 11 is 0.